The first-order chi connectivity index (χ1) is 9.10. The average Bonchev–Trinajstić information content (AvgIpc) is 2.38. The summed E-state index contributed by atoms with van der Waals surface area (Å²) < 4.78 is 4.83. The highest BCUT2D eigenvalue weighted by atomic mass is 32.2. The maximum Gasteiger partial charge on any atom is 0.338 e. The van der Waals surface area contributed by atoms with E-state index in [1.807, 2.05) is 12.3 Å². The fraction of sp³-hybridized carbons (Fsp3) is 0.462. The van der Waals surface area contributed by atoms with Gasteiger partial charge in [0, 0.05) is 24.2 Å². The van der Waals surface area contributed by atoms with Crippen LogP contribution in [0.25, 0.3) is 0 Å². The smallest absolute Gasteiger partial charge is 0.338 e. The monoisotopic (exact) mass is 285 g/mol. The van der Waals surface area contributed by atoms with Gasteiger partial charge in [-0.3, -0.25) is 0 Å². The fourth-order valence-corrected chi connectivity index (χ4v) is 2.33. The number of rotatable bonds is 8. The van der Waals surface area contributed by atoms with Gasteiger partial charge in [-0.1, -0.05) is 6.07 Å². The minimum atomic E-state index is -0.954. The first kappa shape index (κ1) is 15.8. The zero-order valence-electron chi connectivity index (χ0n) is 11.0. The Hall–Kier alpha value is -1.24. The molecule has 0 amide bonds. The highest BCUT2D eigenvalue weighted by Crippen LogP contribution is 2.27. The second-order valence-corrected chi connectivity index (χ2v) is 4.86. The van der Waals surface area contributed by atoms with Crippen molar-refractivity contribution in [3.8, 4) is 0 Å². The molecule has 6 heteroatoms. The summed E-state index contributed by atoms with van der Waals surface area (Å²) in [5.74, 6) is -0.954. The van der Waals surface area contributed by atoms with Crippen molar-refractivity contribution in [1.82, 2.24) is 0 Å². The SMILES string of the molecule is COCC(O)CCNc1cccc(SC)c1C(=O)O. The second kappa shape index (κ2) is 8.04. The minimum absolute atomic E-state index is 0.274. The van der Waals surface area contributed by atoms with Gasteiger partial charge in [-0.25, -0.2) is 4.79 Å². The zero-order chi connectivity index (χ0) is 14.3. The molecule has 3 N–H and O–H groups in total. The number of benzene rings is 1. The summed E-state index contributed by atoms with van der Waals surface area (Å²) in [6, 6.07) is 5.32. The molecule has 0 saturated carbocycles. The van der Waals surface area contributed by atoms with Gasteiger partial charge in [-0.05, 0) is 24.8 Å². The van der Waals surface area contributed by atoms with Crippen molar-refractivity contribution in [2.45, 2.75) is 17.4 Å². The third-order valence-electron chi connectivity index (χ3n) is 2.61. The Morgan fingerprint density at radius 2 is 2.26 bits per heavy atom. The van der Waals surface area contributed by atoms with E-state index in [9.17, 15) is 15.0 Å². The van der Waals surface area contributed by atoms with Gasteiger partial charge in [0.25, 0.3) is 0 Å². The molecule has 19 heavy (non-hydrogen) atoms. The molecule has 1 rings (SSSR count). The van der Waals surface area contributed by atoms with Crippen LogP contribution in [-0.4, -0.2) is 48.8 Å². The van der Waals surface area contributed by atoms with Crippen LogP contribution in [0.5, 0.6) is 0 Å². The van der Waals surface area contributed by atoms with Gasteiger partial charge in [0.15, 0.2) is 0 Å². The molecule has 106 valence electrons. The number of anilines is 1. The third-order valence-corrected chi connectivity index (χ3v) is 3.39. The Bertz CT molecular complexity index is 425. The molecular weight excluding hydrogens is 266 g/mol. The molecular formula is C13H19NO4S. The van der Waals surface area contributed by atoms with E-state index in [0.29, 0.717) is 18.7 Å². The van der Waals surface area contributed by atoms with Crippen LogP contribution in [-0.2, 0) is 4.74 Å². The van der Waals surface area contributed by atoms with E-state index in [4.69, 9.17) is 4.74 Å². The highest BCUT2D eigenvalue weighted by Gasteiger charge is 2.14. The molecule has 5 nitrogen and oxygen atoms in total. The number of carboxylic acids is 1. The Labute approximate surface area is 117 Å². The number of carbonyl (C=O) groups is 1. The largest absolute Gasteiger partial charge is 0.478 e. The molecule has 0 aliphatic heterocycles. The molecule has 1 aromatic rings. The van der Waals surface area contributed by atoms with E-state index in [1.165, 1.54) is 18.9 Å². The number of aliphatic hydroxyl groups is 1. The fourth-order valence-electron chi connectivity index (χ4n) is 1.72. The molecule has 1 unspecified atom stereocenters. The highest BCUT2D eigenvalue weighted by molar-refractivity contribution is 7.98. The Morgan fingerprint density at radius 3 is 2.84 bits per heavy atom. The topological polar surface area (TPSA) is 78.8 Å². The van der Waals surface area contributed by atoms with Crippen LogP contribution in [0, 0.1) is 0 Å². The van der Waals surface area contributed by atoms with Crippen LogP contribution in [0.2, 0.25) is 0 Å². The maximum atomic E-state index is 11.3. The third kappa shape index (κ3) is 4.74. The van der Waals surface area contributed by atoms with Crippen molar-refractivity contribution in [2.75, 3.05) is 31.8 Å². The van der Waals surface area contributed by atoms with E-state index in [1.54, 1.807) is 12.1 Å². The Kier molecular flexibility index (Phi) is 6.69. The van der Waals surface area contributed by atoms with Crippen LogP contribution in [0.3, 0.4) is 0 Å². The summed E-state index contributed by atoms with van der Waals surface area (Å²) in [5, 5.41) is 21.8. The Balaban J connectivity index is 2.70. The summed E-state index contributed by atoms with van der Waals surface area (Å²) >= 11 is 1.40. The molecule has 0 saturated heterocycles. The van der Waals surface area contributed by atoms with E-state index < -0.39 is 12.1 Å². The number of aliphatic hydroxyl groups excluding tert-OH is 1. The number of hydrogen-bond donors (Lipinski definition) is 3. The molecule has 0 heterocycles. The lowest BCUT2D eigenvalue weighted by atomic mass is 10.1. The standard InChI is InChI=1S/C13H19NO4S/c1-18-8-9(15)6-7-14-10-4-3-5-11(19-2)12(10)13(16)17/h3-5,9,14-15H,6-8H2,1-2H3,(H,16,17). The number of thioether (sulfide) groups is 1. The number of methoxy groups -OCH3 is 1. The van der Waals surface area contributed by atoms with Crippen molar-refractivity contribution >= 4 is 23.4 Å². The lowest BCUT2D eigenvalue weighted by Gasteiger charge is -2.14. The van der Waals surface area contributed by atoms with E-state index in [-0.39, 0.29) is 12.2 Å². The van der Waals surface area contributed by atoms with Gasteiger partial charge in [-0.2, -0.15) is 0 Å². The first-order valence-electron chi connectivity index (χ1n) is 5.91. The number of aromatic carboxylic acids is 1. The molecule has 0 fully saturated rings. The van der Waals surface area contributed by atoms with Gasteiger partial charge >= 0.3 is 5.97 Å². The number of carboxylic acid groups (broad SMARTS) is 1. The van der Waals surface area contributed by atoms with Crippen molar-refractivity contribution < 1.29 is 19.7 Å². The predicted molar refractivity (Wildman–Crippen MR) is 76.2 cm³/mol. The molecule has 1 atom stereocenters. The van der Waals surface area contributed by atoms with Crippen molar-refractivity contribution in [2.24, 2.45) is 0 Å². The predicted octanol–water partition coefficient (Wildman–Crippen LogP) is 1.92. The molecule has 0 aromatic heterocycles. The molecule has 0 aliphatic rings. The lowest BCUT2D eigenvalue weighted by Crippen LogP contribution is -2.19. The average molecular weight is 285 g/mol. The molecule has 0 radical (unpaired) electrons. The van der Waals surface area contributed by atoms with Gasteiger partial charge in [-0.15, -0.1) is 11.8 Å². The summed E-state index contributed by atoms with van der Waals surface area (Å²) in [4.78, 5) is 12.0. The molecule has 0 bridgehead atoms. The van der Waals surface area contributed by atoms with Crippen molar-refractivity contribution in [3.63, 3.8) is 0 Å². The van der Waals surface area contributed by atoms with E-state index in [2.05, 4.69) is 5.32 Å². The summed E-state index contributed by atoms with van der Waals surface area (Å²) in [7, 11) is 1.53. The number of hydrogen-bond acceptors (Lipinski definition) is 5. The Morgan fingerprint density at radius 1 is 1.53 bits per heavy atom. The first-order valence-corrected chi connectivity index (χ1v) is 7.13. The van der Waals surface area contributed by atoms with E-state index >= 15 is 0 Å². The van der Waals surface area contributed by atoms with Gasteiger partial charge in [0.1, 0.15) is 0 Å². The van der Waals surface area contributed by atoms with Crippen LogP contribution in [0.4, 0.5) is 5.69 Å². The summed E-state index contributed by atoms with van der Waals surface area (Å²) in [5.41, 5.74) is 0.847. The summed E-state index contributed by atoms with van der Waals surface area (Å²) in [6.07, 6.45) is 1.79. The van der Waals surface area contributed by atoms with Crippen LogP contribution >= 0.6 is 11.8 Å². The van der Waals surface area contributed by atoms with Crippen LogP contribution in [0.1, 0.15) is 16.8 Å². The number of ether oxygens (including phenoxy) is 1. The van der Waals surface area contributed by atoms with Crippen LogP contribution < -0.4 is 5.32 Å². The second-order valence-electron chi connectivity index (χ2n) is 4.01. The van der Waals surface area contributed by atoms with Gasteiger partial charge in [0.05, 0.1) is 18.3 Å². The van der Waals surface area contributed by atoms with Gasteiger partial charge < -0.3 is 20.3 Å². The maximum absolute atomic E-state index is 11.3. The van der Waals surface area contributed by atoms with Crippen molar-refractivity contribution in [1.29, 1.82) is 0 Å². The number of nitrogens with one attached hydrogen (secondary N) is 1. The quantitative estimate of drug-likeness (QED) is 0.633. The van der Waals surface area contributed by atoms with Gasteiger partial charge in [0.2, 0.25) is 0 Å². The van der Waals surface area contributed by atoms with E-state index in [0.717, 1.165) is 4.90 Å². The van der Waals surface area contributed by atoms with Crippen molar-refractivity contribution in [3.05, 3.63) is 23.8 Å². The normalized spacial score (nSPS) is 12.2. The van der Waals surface area contributed by atoms with Crippen LogP contribution in [0.15, 0.2) is 23.1 Å². The molecule has 1 aromatic carbocycles. The minimum Gasteiger partial charge on any atom is -0.478 e. The lowest BCUT2D eigenvalue weighted by molar-refractivity contribution is 0.0615. The zero-order valence-corrected chi connectivity index (χ0v) is 11.9. The molecule has 0 spiro atoms. The summed E-state index contributed by atoms with van der Waals surface area (Å²) in [6.45, 7) is 0.765. The molecule has 0 aliphatic carbocycles.